The van der Waals surface area contributed by atoms with Crippen LogP contribution in [0.15, 0.2) is 58.2 Å². The molecule has 2 aromatic carbocycles. The lowest BCUT2D eigenvalue weighted by Gasteiger charge is -2.15. The van der Waals surface area contributed by atoms with Crippen LogP contribution in [0.4, 0.5) is 0 Å². The standard InChI is InChI=1S/C20H22N4O4S/c1-24(2)29(27,28)17-10-6-3-7-14(17)13-21-19(25)12-11-18-22-16-9-5-4-8-15(16)20(26)23-18/h3-10H,11-13H2,1-2H3,(H,21,25)(H,22,23,26). The summed E-state index contributed by atoms with van der Waals surface area (Å²) in [6, 6.07) is 13.5. The lowest BCUT2D eigenvalue weighted by molar-refractivity contribution is -0.121. The Morgan fingerprint density at radius 2 is 1.79 bits per heavy atom. The van der Waals surface area contributed by atoms with Gasteiger partial charge in [-0.2, -0.15) is 0 Å². The molecule has 0 aliphatic carbocycles. The predicted molar refractivity (Wildman–Crippen MR) is 110 cm³/mol. The zero-order chi connectivity index (χ0) is 21.0. The molecule has 9 heteroatoms. The van der Waals surface area contributed by atoms with E-state index >= 15 is 0 Å². The SMILES string of the molecule is CN(C)S(=O)(=O)c1ccccc1CNC(=O)CCc1nc2ccccc2c(=O)[nH]1. The van der Waals surface area contributed by atoms with E-state index in [-0.39, 0.29) is 35.7 Å². The van der Waals surface area contributed by atoms with E-state index in [1.807, 2.05) is 0 Å². The first-order chi connectivity index (χ1) is 13.8. The second kappa shape index (κ2) is 8.54. The molecular weight excluding hydrogens is 392 g/mol. The lowest BCUT2D eigenvalue weighted by atomic mass is 10.2. The van der Waals surface area contributed by atoms with E-state index in [0.717, 1.165) is 4.31 Å². The molecule has 0 aliphatic heterocycles. The Balaban J connectivity index is 1.65. The second-order valence-electron chi connectivity index (χ2n) is 6.70. The number of H-pyrrole nitrogens is 1. The maximum Gasteiger partial charge on any atom is 0.258 e. The highest BCUT2D eigenvalue weighted by atomic mass is 32.2. The summed E-state index contributed by atoms with van der Waals surface area (Å²) < 4.78 is 26.0. The van der Waals surface area contributed by atoms with Crippen LogP contribution in [0, 0.1) is 0 Å². The third-order valence-electron chi connectivity index (χ3n) is 4.46. The summed E-state index contributed by atoms with van der Waals surface area (Å²) >= 11 is 0. The van der Waals surface area contributed by atoms with E-state index in [1.54, 1.807) is 42.5 Å². The highest BCUT2D eigenvalue weighted by Gasteiger charge is 2.20. The Bertz CT molecular complexity index is 1200. The van der Waals surface area contributed by atoms with Gasteiger partial charge in [-0.3, -0.25) is 9.59 Å². The molecule has 2 N–H and O–H groups in total. The summed E-state index contributed by atoms with van der Waals surface area (Å²) in [5.41, 5.74) is 0.843. The molecule has 0 aliphatic rings. The fraction of sp³-hybridized carbons (Fsp3) is 0.250. The lowest BCUT2D eigenvalue weighted by Crippen LogP contribution is -2.27. The quantitative estimate of drug-likeness (QED) is 0.607. The Kier molecular flexibility index (Phi) is 6.09. The van der Waals surface area contributed by atoms with E-state index in [0.29, 0.717) is 22.3 Å². The van der Waals surface area contributed by atoms with Crippen molar-refractivity contribution in [3.8, 4) is 0 Å². The molecule has 0 bridgehead atoms. The average molecular weight is 414 g/mol. The highest BCUT2D eigenvalue weighted by Crippen LogP contribution is 2.18. The Labute approximate surface area is 168 Å². The molecule has 8 nitrogen and oxygen atoms in total. The van der Waals surface area contributed by atoms with Gasteiger partial charge < -0.3 is 10.3 Å². The molecule has 1 aromatic heterocycles. The minimum Gasteiger partial charge on any atom is -0.352 e. The van der Waals surface area contributed by atoms with Crippen LogP contribution in [0.5, 0.6) is 0 Å². The van der Waals surface area contributed by atoms with Crippen LogP contribution < -0.4 is 10.9 Å². The number of sulfonamides is 1. The zero-order valence-corrected chi connectivity index (χ0v) is 17.0. The second-order valence-corrected chi connectivity index (χ2v) is 8.82. The number of aryl methyl sites for hydroxylation is 1. The number of nitrogens with zero attached hydrogens (tertiary/aromatic N) is 2. The van der Waals surface area contributed by atoms with Gasteiger partial charge >= 0.3 is 0 Å². The smallest absolute Gasteiger partial charge is 0.258 e. The van der Waals surface area contributed by atoms with Crippen LogP contribution in [-0.2, 0) is 27.8 Å². The van der Waals surface area contributed by atoms with E-state index in [4.69, 9.17) is 0 Å². The van der Waals surface area contributed by atoms with Crippen LogP contribution in [0.2, 0.25) is 0 Å². The minimum atomic E-state index is -3.60. The molecule has 3 aromatic rings. The zero-order valence-electron chi connectivity index (χ0n) is 16.2. The molecule has 0 radical (unpaired) electrons. The van der Waals surface area contributed by atoms with Crippen molar-refractivity contribution in [2.75, 3.05) is 14.1 Å². The number of nitrogens with one attached hydrogen (secondary N) is 2. The number of carbonyl (C=O) groups is 1. The van der Waals surface area contributed by atoms with Gasteiger partial charge in [0.05, 0.1) is 15.8 Å². The molecule has 0 spiro atoms. The summed E-state index contributed by atoms with van der Waals surface area (Å²) in [7, 11) is -0.683. The first-order valence-electron chi connectivity index (χ1n) is 9.04. The first-order valence-corrected chi connectivity index (χ1v) is 10.5. The van der Waals surface area contributed by atoms with E-state index in [2.05, 4.69) is 15.3 Å². The van der Waals surface area contributed by atoms with Crippen LogP contribution >= 0.6 is 0 Å². The van der Waals surface area contributed by atoms with Crippen molar-refractivity contribution in [2.24, 2.45) is 0 Å². The van der Waals surface area contributed by atoms with Crippen LogP contribution in [0.1, 0.15) is 17.8 Å². The van der Waals surface area contributed by atoms with E-state index < -0.39 is 10.0 Å². The Morgan fingerprint density at radius 1 is 1.10 bits per heavy atom. The number of benzene rings is 2. The number of hydrogen-bond donors (Lipinski definition) is 2. The number of hydrogen-bond acceptors (Lipinski definition) is 5. The fourth-order valence-electron chi connectivity index (χ4n) is 2.87. The van der Waals surface area contributed by atoms with Gasteiger partial charge in [0, 0.05) is 33.5 Å². The fourth-order valence-corrected chi connectivity index (χ4v) is 3.98. The van der Waals surface area contributed by atoms with Gasteiger partial charge in [-0.1, -0.05) is 30.3 Å². The van der Waals surface area contributed by atoms with Gasteiger partial charge in [0.15, 0.2) is 0 Å². The Morgan fingerprint density at radius 3 is 2.55 bits per heavy atom. The highest BCUT2D eigenvalue weighted by molar-refractivity contribution is 7.89. The number of rotatable bonds is 7. The maximum atomic E-state index is 12.4. The van der Waals surface area contributed by atoms with Crippen molar-refractivity contribution in [1.29, 1.82) is 0 Å². The monoisotopic (exact) mass is 414 g/mol. The number of para-hydroxylation sites is 1. The van der Waals surface area contributed by atoms with Crippen LogP contribution in [-0.4, -0.2) is 42.7 Å². The molecule has 0 unspecified atom stereocenters. The molecule has 1 heterocycles. The molecular formula is C20H22N4O4S. The van der Waals surface area contributed by atoms with Gasteiger partial charge in [0.1, 0.15) is 5.82 Å². The van der Waals surface area contributed by atoms with E-state index in [9.17, 15) is 18.0 Å². The maximum absolute atomic E-state index is 12.4. The summed E-state index contributed by atoms with van der Waals surface area (Å²) in [4.78, 5) is 31.5. The van der Waals surface area contributed by atoms with Gasteiger partial charge in [0.25, 0.3) is 5.56 Å². The van der Waals surface area contributed by atoms with Crippen LogP contribution in [0.3, 0.4) is 0 Å². The third kappa shape index (κ3) is 4.69. The number of aromatic amines is 1. The van der Waals surface area contributed by atoms with Crippen molar-refractivity contribution in [1.82, 2.24) is 19.6 Å². The Hall–Kier alpha value is -3.04. The molecule has 0 saturated carbocycles. The first kappa shape index (κ1) is 20.7. The number of amides is 1. The van der Waals surface area contributed by atoms with Gasteiger partial charge in [-0.25, -0.2) is 17.7 Å². The number of carbonyl (C=O) groups excluding carboxylic acids is 1. The molecule has 3 rings (SSSR count). The molecule has 0 saturated heterocycles. The molecule has 152 valence electrons. The molecule has 1 amide bonds. The molecule has 29 heavy (non-hydrogen) atoms. The van der Waals surface area contributed by atoms with Gasteiger partial charge in [-0.15, -0.1) is 0 Å². The average Bonchev–Trinajstić information content (AvgIpc) is 2.71. The third-order valence-corrected chi connectivity index (χ3v) is 6.37. The van der Waals surface area contributed by atoms with Crippen molar-refractivity contribution in [3.05, 3.63) is 70.3 Å². The summed E-state index contributed by atoms with van der Waals surface area (Å²) in [6.07, 6.45) is 0.382. The van der Waals surface area contributed by atoms with Gasteiger partial charge in [0.2, 0.25) is 15.9 Å². The predicted octanol–water partition coefficient (Wildman–Crippen LogP) is 1.42. The largest absolute Gasteiger partial charge is 0.352 e. The van der Waals surface area contributed by atoms with Crippen molar-refractivity contribution >= 4 is 26.8 Å². The van der Waals surface area contributed by atoms with Crippen molar-refractivity contribution < 1.29 is 13.2 Å². The summed E-state index contributed by atoms with van der Waals surface area (Å²) in [5.74, 6) is 0.164. The van der Waals surface area contributed by atoms with E-state index in [1.165, 1.54) is 20.2 Å². The van der Waals surface area contributed by atoms with Crippen molar-refractivity contribution in [2.45, 2.75) is 24.3 Å². The van der Waals surface area contributed by atoms with Crippen molar-refractivity contribution in [3.63, 3.8) is 0 Å². The minimum absolute atomic E-state index is 0.0870. The topological polar surface area (TPSA) is 112 Å². The number of aromatic nitrogens is 2. The van der Waals surface area contributed by atoms with Gasteiger partial charge in [-0.05, 0) is 23.8 Å². The molecule has 0 atom stereocenters. The summed E-state index contributed by atoms with van der Waals surface area (Å²) in [5, 5.41) is 3.23. The van der Waals surface area contributed by atoms with Crippen LogP contribution in [0.25, 0.3) is 10.9 Å². The number of fused-ring (bicyclic) bond motifs is 1. The summed E-state index contributed by atoms with van der Waals surface area (Å²) in [6.45, 7) is 0.0870. The normalized spacial score (nSPS) is 11.7. The molecule has 0 fully saturated rings.